The molecule has 0 bridgehead atoms. The Morgan fingerprint density at radius 2 is 1.91 bits per heavy atom. The Hall–Kier alpha value is -2.00. The van der Waals surface area contributed by atoms with Crippen LogP contribution < -0.4 is 0 Å². The van der Waals surface area contributed by atoms with Crippen LogP contribution in [0.3, 0.4) is 0 Å². The van der Waals surface area contributed by atoms with Gasteiger partial charge in [-0.3, -0.25) is 9.69 Å². The van der Waals surface area contributed by atoms with E-state index < -0.39 is 0 Å². The van der Waals surface area contributed by atoms with E-state index >= 15 is 0 Å². The van der Waals surface area contributed by atoms with Gasteiger partial charge in [0.2, 0.25) is 0 Å². The quantitative estimate of drug-likeness (QED) is 0.837. The molecule has 1 unspecified atom stereocenters. The third kappa shape index (κ3) is 2.59. The zero-order valence-electron chi connectivity index (χ0n) is 13.1. The number of likely N-dealkylation sites (tertiary alicyclic amines) is 1. The Morgan fingerprint density at radius 1 is 1.09 bits per heavy atom. The number of hydrogen-bond acceptors (Lipinski definition) is 2. The van der Waals surface area contributed by atoms with Gasteiger partial charge in [0.15, 0.2) is 5.78 Å². The summed E-state index contributed by atoms with van der Waals surface area (Å²) < 4.78 is 13.8. The second-order valence-corrected chi connectivity index (χ2v) is 6.84. The summed E-state index contributed by atoms with van der Waals surface area (Å²) in [6.45, 7) is 2.83. The molecule has 2 aromatic carbocycles. The molecule has 0 amide bonds. The van der Waals surface area contributed by atoms with E-state index in [1.807, 2.05) is 6.07 Å². The van der Waals surface area contributed by atoms with Crippen LogP contribution in [-0.2, 0) is 12.0 Å². The second-order valence-electron chi connectivity index (χ2n) is 6.84. The van der Waals surface area contributed by atoms with E-state index in [0.29, 0.717) is 6.42 Å². The summed E-state index contributed by atoms with van der Waals surface area (Å²) in [6.07, 6.45) is 2.43. The fourth-order valence-corrected chi connectivity index (χ4v) is 4.18. The molecule has 1 aliphatic carbocycles. The molecule has 23 heavy (non-hydrogen) atoms. The van der Waals surface area contributed by atoms with E-state index in [1.54, 1.807) is 12.1 Å². The molecule has 1 heterocycles. The summed E-state index contributed by atoms with van der Waals surface area (Å²) >= 11 is 0. The topological polar surface area (TPSA) is 20.3 Å². The number of Topliss-reactive ketones (excluding diaryl/α,β-unsaturated/α-hetero) is 1. The maximum atomic E-state index is 13.8. The molecular weight excluding hydrogens is 289 g/mol. The Labute approximate surface area is 135 Å². The van der Waals surface area contributed by atoms with Crippen LogP contribution in [0.4, 0.5) is 4.39 Å². The average Bonchev–Trinajstić information content (AvgIpc) is 2.96. The van der Waals surface area contributed by atoms with Crippen molar-refractivity contribution in [3.63, 3.8) is 0 Å². The average molecular weight is 309 g/mol. The highest BCUT2D eigenvalue weighted by Gasteiger charge is 2.44. The predicted octanol–water partition coefficient (Wildman–Crippen LogP) is 3.95. The molecule has 1 atom stereocenters. The van der Waals surface area contributed by atoms with Gasteiger partial charge in [0.05, 0.1) is 0 Å². The Bertz CT molecular complexity index is 743. The van der Waals surface area contributed by atoms with Gasteiger partial charge in [0.1, 0.15) is 5.82 Å². The zero-order valence-corrected chi connectivity index (χ0v) is 13.1. The summed E-state index contributed by atoms with van der Waals surface area (Å²) in [5, 5.41) is 0. The second kappa shape index (κ2) is 5.57. The lowest BCUT2D eigenvalue weighted by atomic mass is 9.69. The van der Waals surface area contributed by atoms with E-state index in [-0.39, 0.29) is 17.0 Å². The number of rotatable bonds is 2. The standard InChI is InChI=1S/C20H20FNO/c21-16-6-7-17-18(12-16)20(9-8-19(17)23)10-11-22(14-20)13-15-4-2-1-3-5-15/h1-7,12H,8-11,13-14H2. The SMILES string of the molecule is O=C1CCC2(CCN(Cc3ccccc3)C2)c2cc(F)ccc21. The highest BCUT2D eigenvalue weighted by molar-refractivity contribution is 5.99. The summed E-state index contributed by atoms with van der Waals surface area (Å²) in [5.74, 6) is -0.0773. The van der Waals surface area contributed by atoms with Crippen LogP contribution in [-0.4, -0.2) is 23.8 Å². The highest BCUT2D eigenvalue weighted by atomic mass is 19.1. The molecule has 2 aliphatic rings. The van der Waals surface area contributed by atoms with Crippen LogP contribution >= 0.6 is 0 Å². The van der Waals surface area contributed by atoms with Crippen LogP contribution in [0.1, 0.15) is 40.7 Å². The molecule has 118 valence electrons. The number of carbonyl (C=O) groups is 1. The number of halogens is 1. The van der Waals surface area contributed by atoms with Gasteiger partial charge in [-0.15, -0.1) is 0 Å². The first-order chi connectivity index (χ1) is 11.2. The van der Waals surface area contributed by atoms with E-state index in [0.717, 1.165) is 43.6 Å². The molecule has 1 spiro atoms. The van der Waals surface area contributed by atoms with Gasteiger partial charge in [-0.25, -0.2) is 4.39 Å². The van der Waals surface area contributed by atoms with Crippen molar-refractivity contribution in [1.82, 2.24) is 4.90 Å². The fourth-order valence-electron chi connectivity index (χ4n) is 4.18. The first-order valence-electron chi connectivity index (χ1n) is 8.26. The van der Waals surface area contributed by atoms with Crippen molar-refractivity contribution in [2.75, 3.05) is 13.1 Å². The molecule has 2 nitrogen and oxygen atoms in total. The van der Waals surface area contributed by atoms with Crippen LogP contribution in [0.15, 0.2) is 48.5 Å². The molecule has 1 saturated heterocycles. The first-order valence-corrected chi connectivity index (χ1v) is 8.26. The Balaban J connectivity index is 1.62. The minimum absolute atomic E-state index is 0.0554. The number of ketones is 1. The van der Waals surface area contributed by atoms with Gasteiger partial charge in [-0.2, -0.15) is 0 Å². The van der Waals surface area contributed by atoms with Crippen LogP contribution in [0.2, 0.25) is 0 Å². The molecule has 1 aliphatic heterocycles. The molecule has 0 radical (unpaired) electrons. The largest absolute Gasteiger partial charge is 0.298 e. The van der Waals surface area contributed by atoms with Crippen molar-refractivity contribution in [3.8, 4) is 0 Å². The number of benzene rings is 2. The minimum atomic E-state index is -0.237. The molecule has 1 fully saturated rings. The van der Waals surface area contributed by atoms with Gasteiger partial charge < -0.3 is 0 Å². The molecular formula is C20H20FNO. The minimum Gasteiger partial charge on any atom is -0.298 e. The van der Waals surface area contributed by atoms with Gasteiger partial charge >= 0.3 is 0 Å². The third-order valence-electron chi connectivity index (χ3n) is 5.37. The number of fused-ring (bicyclic) bond motifs is 2. The highest BCUT2D eigenvalue weighted by Crippen LogP contribution is 2.44. The van der Waals surface area contributed by atoms with Crippen molar-refractivity contribution < 1.29 is 9.18 Å². The van der Waals surface area contributed by atoms with Gasteiger partial charge in [0.25, 0.3) is 0 Å². The monoisotopic (exact) mass is 309 g/mol. The molecule has 0 N–H and O–H groups in total. The van der Waals surface area contributed by atoms with Crippen molar-refractivity contribution >= 4 is 5.78 Å². The number of nitrogens with zero attached hydrogens (tertiary/aromatic N) is 1. The lowest BCUT2D eigenvalue weighted by molar-refractivity contribution is 0.0951. The van der Waals surface area contributed by atoms with Crippen LogP contribution in [0.25, 0.3) is 0 Å². The molecule has 4 rings (SSSR count). The molecule has 3 heteroatoms. The van der Waals surface area contributed by atoms with E-state index in [4.69, 9.17) is 0 Å². The fraction of sp³-hybridized carbons (Fsp3) is 0.350. The van der Waals surface area contributed by atoms with Crippen LogP contribution in [0.5, 0.6) is 0 Å². The molecule has 0 aromatic heterocycles. The van der Waals surface area contributed by atoms with Gasteiger partial charge in [-0.05, 0) is 48.7 Å². The number of hydrogen-bond donors (Lipinski definition) is 0. The lowest BCUT2D eigenvalue weighted by Crippen LogP contribution is -2.36. The maximum absolute atomic E-state index is 13.8. The van der Waals surface area contributed by atoms with Gasteiger partial charge in [0, 0.05) is 30.5 Å². The van der Waals surface area contributed by atoms with Crippen molar-refractivity contribution in [1.29, 1.82) is 0 Å². The van der Waals surface area contributed by atoms with Gasteiger partial charge in [-0.1, -0.05) is 30.3 Å². The van der Waals surface area contributed by atoms with Crippen molar-refractivity contribution in [2.24, 2.45) is 0 Å². The summed E-state index contributed by atoms with van der Waals surface area (Å²) in [4.78, 5) is 14.6. The predicted molar refractivity (Wildman–Crippen MR) is 88.0 cm³/mol. The van der Waals surface area contributed by atoms with E-state index in [2.05, 4.69) is 29.2 Å². The lowest BCUT2D eigenvalue weighted by Gasteiger charge is -2.35. The third-order valence-corrected chi connectivity index (χ3v) is 5.37. The summed E-state index contributed by atoms with van der Waals surface area (Å²) in [7, 11) is 0. The summed E-state index contributed by atoms with van der Waals surface area (Å²) in [5.41, 5.74) is 2.92. The zero-order chi connectivity index (χ0) is 15.9. The Kier molecular flexibility index (Phi) is 3.53. The molecule has 2 aromatic rings. The van der Waals surface area contributed by atoms with Crippen LogP contribution in [0, 0.1) is 5.82 Å². The Morgan fingerprint density at radius 3 is 2.74 bits per heavy atom. The normalized spacial score (nSPS) is 24.1. The van der Waals surface area contributed by atoms with E-state index in [1.165, 1.54) is 11.6 Å². The van der Waals surface area contributed by atoms with Crippen molar-refractivity contribution in [3.05, 3.63) is 71.0 Å². The smallest absolute Gasteiger partial charge is 0.163 e. The number of carbonyl (C=O) groups excluding carboxylic acids is 1. The maximum Gasteiger partial charge on any atom is 0.163 e. The van der Waals surface area contributed by atoms with Crippen molar-refractivity contribution in [2.45, 2.75) is 31.2 Å². The molecule has 0 saturated carbocycles. The van der Waals surface area contributed by atoms with E-state index in [9.17, 15) is 9.18 Å². The first kappa shape index (κ1) is 14.6. The summed E-state index contributed by atoms with van der Waals surface area (Å²) in [6, 6.07) is 15.1.